The topological polar surface area (TPSA) is 41.6 Å². The summed E-state index contributed by atoms with van der Waals surface area (Å²) in [6.07, 6.45) is 3.51. The van der Waals surface area contributed by atoms with Crippen LogP contribution in [0.15, 0.2) is 29.3 Å². The van der Waals surface area contributed by atoms with Gasteiger partial charge in [0, 0.05) is 13.1 Å². The van der Waals surface area contributed by atoms with E-state index in [1.54, 1.807) is 0 Å². The molecule has 0 aromatic heterocycles. The second-order valence-electron chi connectivity index (χ2n) is 4.66. The highest BCUT2D eigenvalue weighted by Crippen LogP contribution is 2.24. The first kappa shape index (κ1) is 9.70. The summed E-state index contributed by atoms with van der Waals surface area (Å²) < 4.78 is 0. The van der Waals surface area contributed by atoms with Gasteiger partial charge in [-0.25, -0.2) is 4.99 Å². The Labute approximate surface area is 96.0 Å². The fourth-order valence-electron chi connectivity index (χ4n) is 2.16. The molecule has 3 nitrogen and oxygen atoms in total. The molecule has 1 fully saturated rings. The number of benzene rings is 1. The quantitative estimate of drug-likeness (QED) is 0.570. The van der Waals surface area contributed by atoms with Crippen LogP contribution in [0.1, 0.15) is 24.0 Å². The number of fused-ring (bicyclic) bond motifs is 1. The van der Waals surface area contributed by atoms with Crippen molar-refractivity contribution in [2.24, 2.45) is 10.7 Å². The van der Waals surface area contributed by atoms with Gasteiger partial charge in [0.25, 0.3) is 0 Å². The van der Waals surface area contributed by atoms with Crippen LogP contribution in [0.2, 0.25) is 0 Å². The van der Waals surface area contributed by atoms with Crippen molar-refractivity contribution < 1.29 is 0 Å². The Kier molecular flexibility index (Phi) is 2.31. The van der Waals surface area contributed by atoms with Crippen molar-refractivity contribution in [2.45, 2.75) is 31.8 Å². The van der Waals surface area contributed by atoms with E-state index in [0.717, 1.165) is 25.5 Å². The fourth-order valence-corrected chi connectivity index (χ4v) is 2.16. The highest BCUT2D eigenvalue weighted by Gasteiger charge is 2.23. The third-order valence-electron chi connectivity index (χ3n) is 3.32. The molecule has 0 unspecified atom stereocenters. The number of hydrogen-bond donors (Lipinski definition) is 1. The minimum Gasteiger partial charge on any atom is -0.370 e. The number of aliphatic imine (C=N–C) groups is 1. The normalized spacial score (nSPS) is 20.8. The Morgan fingerprint density at radius 1 is 1.25 bits per heavy atom. The number of nitrogens with two attached hydrogens (primary N) is 1. The van der Waals surface area contributed by atoms with Crippen molar-refractivity contribution in [1.29, 1.82) is 0 Å². The largest absolute Gasteiger partial charge is 0.370 e. The molecule has 1 aromatic carbocycles. The van der Waals surface area contributed by atoms with E-state index < -0.39 is 0 Å². The van der Waals surface area contributed by atoms with Crippen molar-refractivity contribution in [3.63, 3.8) is 0 Å². The Bertz CT molecular complexity index is 421. The lowest BCUT2D eigenvalue weighted by atomic mass is 10.0. The zero-order valence-electron chi connectivity index (χ0n) is 9.39. The first-order valence-corrected chi connectivity index (χ1v) is 5.98. The fraction of sp³-hybridized carbons (Fsp3) is 0.462. The van der Waals surface area contributed by atoms with E-state index >= 15 is 0 Å². The Hall–Kier alpha value is -1.51. The summed E-state index contributed by atoms with van der Waals surface area (Å²) in [5.41, 5.74) is 8.87. The number of guanidine groups is 1. The van der Waals surface area contributed by atoms with Gasteiger partial charge in [-0.3, -0.25) is 0 Å². The molecule has 84 valence electrons. The third kappa shape index (κ3) is 1.90. The molecule has 1 aliphatic carbocycles. The second kappa shape index (κ2) is 3.81. The van der Waals surface area contributed by atoms with Crippen molar-refractivity contribution in [2.75, 3.05) is 6.54 Å². The van der Waals surface area contributed by atoms with Gasteiger partial charge in [0.05, 0.1) is 6.04 Å². The predicted octanol–water partition coefficient (Wildman–Crippen LogP) is 1.52. The van der Waals surface area contributed by atoms with Gasteiger partial charge in [-0.15, -0.1) is 0 Å². The maximum absolute atomic E-state index is 6.02. The average molecular weight is 215 g/mol. The van der Waals surface area contributed by atoms with Gasteiger partial charge in [0.15, 0.2) is 5.96 Å². The lowest BCUT2D eigenvalue weighted by Crippen LogP contribution is -2.41. The molecule has 1 heterocycles. The highest BCUT2D eigenvalue weighted by molar-refractivity contribution is 5.78. The zero-order chi connectivity index (χ0) is 11.0. The van der Waals surface area contributed by atoms with Crippen LogP contribution in [-0.4, -0.2) is 23.4 Å². The van der Waals surface area contributed by atoms with Gasteiger partial charge in [0.1, 0.15) is 0 Å². The van der Waals surface area contributed by atoms with E-state index in [9.17, 15) is 0 Å². The van der Waals surface area contributed by atoms with Gasteiger partial charge < -0.3 is 10.6 Å². The lowest BCUT2D eigenvalue weighted by Gasteiger charge is -2.29. The van der Waals surface area contributed by atoms with Crippen LogP contribution < -0.4 is 5.73 Å². The first-order valence-electron chi connectivity index (χ1n) is 5.98. The molecule has 0 saturated heterocycles. The SMILES string of the molecule is NC(=NC1CC1)N1CCc2ccccc2C1. The molecule has 1 aliphatic heterocycles. The summed E-state index contributed by atoms with van der Waals surface area (Å²) >= 11 is 0. The van der Waals surface area contributed by atoms with Gasteiger partial charge in [0.2, 0.25) is 0 Å². The number of rotatable bonds is 1. The summed E-state index contributed by atoms with van der Waals surface area (Å²) in [5, 5.41) is 0. The standard InChI is InChI=1S/C13H17N3/c14-13(15-12-5-6-12)16-8-7-10-3-1-2-4-11(10)9-16/h1-4,12H,5-9H2,(H2,14,15). The van der Waals surface area contributed by atoms with Crippen LogP contribution in [0.25, 0.3) is 0 Å². The summed E-state index contributed by atoms with van der Waals surface area (Å²) in [6.45, 7) is 1.91. The van der Waals surface area contributed by atoms with Crippen LogP contribution in [0.5, 0.6) is 0 Å². The summed E-state index contributed by atoms with van der Waals surface area (Å²) in [6, 6.07) is 9.11. The van der Waals surface area contributed by atoms with E-state index in [0.29, 0.717) is 6.04 Å². The Morgan fingerprint density at radius 2 is 2.00 bits per heavy atom. The van der Waals surface area contributed by atoms with Crippen LogP contribution >= 0.6 is 0 Å². The average Bonchev–Trinajstić information content (AvgIpc) is 3.12. The molecule has 0 bridgehead atoms. The van der Waals surface area contributed by atoms with Crippen LogP contribution in [0.4, 0.5) is 0 Å². The molecule has 3 heteroatoms. The predicted molar refractivity (Wildman–Crippen MR) is 65.2 cm³/mol. The minimum absolute atomic E-state index is 0.511. The van der Waals surface area contributed by atoms with Crippen LogP contribution in [-0.2, 0) is 13.0 Å². The summed E-state index contributed by atoms with van der Waals surface area (Å²) in [5.74, 6) is 0.733. The molecule has 16 heavy (non-hydrogen) atoms. The molecule has 3 rings (SSSR count). The van der Waals surface area contributed by atoms with E-state index in [-0.39, 0.29) is 0 Å². The minimum atomic E-state index is 0.511. The summed E-state index contributed by atoms with van der Waals surface area (Å²) in [4.78, 5) is 6.70. The molecule has 0 spiro atoms. The molecular formula is C13H17N3. The monoisotopic (exact) mass is 215 g/mol. The number of hydrogen-bond acceptors (Lipinski definition) is 1. The molecule has 2 aliphatic rings. The summed E-state index contributed by atoms with van der Waals surface area (Å²) in [7, 11) is 0. The van der Waals surface area contributed by atoms with Crippen molar-refractivity contribution in [3.05, 3.63) is 35.4 Å². The van der Waals surface area contributed by atoms with Gasteiger partial charge in [-0.1, -0.05) is 24.3 Å². The number of nitrogens with zero attached hydrogens (tertiary/aromatic N) is 2. The maximum atomic E-state index is 6.02. The molecule has 0 radical (unpaired) electrons. The molecular weight excluding hydrogens is 198 g/mol. The van der Waals surface area contributed by atoms with Gasteiger partial charge >= 0.3 is 0 Å². The van der Waals surface area contributed by atoms with Crippen molar-refractivity contribution in [1.82, 2.24) is 4.90 Å². The smallest absolute Gasteiger partial charge is 0.191 e. The molecule has 1 saturated carbocycles. The van der Waals surface area contributed by atoms with Crippen LogP contribution in [0.3, 0.4) is 0 Å². The zero-order valence-corrected chi connectivity index (χ0v) is 9.39. The van der Waals surface area contributed by atoms with Gasteiger partial charge in [-0.05, 0) is 30.4 Å². The first-order chi connectivity index (χ1) is 7.83. The highest BCUT2D eigenvalue weighted by atomic mass is 15.3. The molecule has 0 atom stereocenters. The van der Waals surface area contributed by atoms with E-state index in [1.165, 1.54) is 24.0 Å². The molecule has 2 N–H and O–H groups in total. The van der Waals surface area contributed by atoms with E-state index in [1.807, 2.05) is 0 Å². The van der Waals surface area contributed by atoms with Crippen molar-refractivity contribution in [3.8, 4) is 0 Å². The lowest BCUT2D eigenvalue weighted by molar-refractivity contribution is 0.388. The third-order valence-corrected chi connectivity index (χ3v) is 3.32. The van der Waals surface area contributed by atoms with Crippen LogP contribution in [0, 0.1) is 0 Å². The van der Waals surface area contributed by atoms with E-state index in [2.05, 4.69) is 34.2 Å². The molecule has 0 amide bonds. The van der Waals surface area contributed by atoms with E-state index in [4.69, 9.17) is 5.73 Å². The molecule has 1 aromatic rings. The Morgan fingerprint density at radius 3 is 2.75 bits per heavy atom. The second-order valence-corrected chi connectivity index (χ2v) is 4.66. The maximum Gasteiger partial charge on any atom is 0.191 e. The Balaban J connectivity index is 1.76. The van der Waals surface area contributed by atoms with Crippen molar-refractivity contribution >= 4 is 5.96 Å². The van der Waals surface area contributed by atoms with Gasteiger partial charge in [-0.2, -0.15) is 0 Å².